The fraction of sp³-hybridized carbons (Fsp3) is 0.524. The van der Waals surface area contributed by atoms with Crippen LogP contribution in [0.1, 0.15) is 30.9 Å². The second kappa shape index (κ2) is 9.13. The Morgan fingerprint density at radius 2 is 2.00 bits per heavy atom. The number of guanidine groups is 1. The van der Waals surface area contributed by atoms with Gasteiger partial charge in [-0.15, -0.1) is 0 Å². The van der Waals surface area contributed by atoms with Crippen molar-refractivity contribution < 1.29 is 8.91 Å². The van der Waals surface area contributed by atoms with Gasteiger partial charge in [-0.05, 0) is 24.6 Å². The van der Waals surface area contributed by atoms with E-state index in [1.165, 1.54) is 12.1 Å². The number of nitrogens with zero attached hydrogens (tertiary/aromatic N) is 4. The lowest BCUT2D eigenvalue weighted by Gasteiger charge is -2.37. The molecule has 0 aliphatic carbocycles. The van der Waals surface area contributed by atoms with E-state index >= 15 is 0 Å². The molecule has 0 bridgehead atoms. The molecule has 0 spiro atoms. The van der Waals surface area contributed by atoms with Crippen molar-refractivity contribution in [2.24, 2.45) is 4.99 Å². The number of piperazine rings is 1. The topological polar surface area (TPSA) is 56.9 Å². The maximum atomic E-state index is 13.4. The van der Waals surface area contributed by atoms with E-state index in [0.29, 0.717) is 11.6 Å². The van der Waals surface area contributed by atoms with Crippen LogP contribution in [0.15, 0.2) is 33.8 Å². The molecule has 0 amide bonds. The van der Waals surface area contributed by atoms with Gasteiger partial charge in [0.1, 0.15) is 11.6 Å². The Kier molecular flexibility index (Phi) is 6.80. The van der Waals surface area contributed by atoms with Crippen LogP contribution < -0.4 is 5.32 Å². The first-order valence-electron chi connectivity index (χ1n) is 9.84. The average molecular weight is 422 g/mol. The third-order valence-electron chi connectivity index (χ3n) is 5.29. The van der Waals surface area contributed by atoms with Gasteiger partial charge in [0.2, 0.25) is 0 Å². The number of hydrogen-bond donors (Lipinski definition) is 1. The molecule has 6 nitrogen and oxygen atoms in total. The molecule has 0 saturated carbocycles. The van der Waals surface area contributed by atoms with E-state index in [1.807, 2.05) is 13.0 Å². The van der Waals surface area contributed by atoms with Crippen LogP contribution >= 0.6 is 11.6 Å². The van der Waals surface area contributed by atoms with E-state index in [1.54, 1.807) is 13.1 Å². The molecule has 2 aromatic rings. The second-order valence-corrected chi connectivity index (χ2v) is 8.51. The smallest absolute Gasteiger partial charge is 0.193 e. The lowest BCUT2D eigenvalue weighted by molar-refractivity contribution is 0.168. The van der Waals surface area contributed by atoms with Gasteiger partial charge in [-0.25, -0.2) is 4.39 Å². The van der Waals surface area contributed by atoms with Gasteiger partial charge in [-0.3, -0.25) is 9.89 Å². The Hall–Kier alpha value is -2.12. The molecular formula is C21H29ClFN5O. The van der Waals surface area contributed by atoms with Crippen LogP contribution in [0.3, 0.4) is 0 Å². The van der Waals surface area contributed by atoms with E-state index < -0.39 is 0 Å². The summed E-state index contributed by atoms with van der Waals surface area (Å²) in [5.41, 5.74) is 1.61. The van der Waals surface area contributed by atoms with Gasteiger partial charge in [0.25, 0.3) is 0 Å². The molecule has 0 radical (unpaired) electrons. The summed E-state index contributed by atoms with van der Waals surface area (Å²) in [5, 5.41) is 7.99. The predicted octanol–water partition coefficient (Wildman–Crippen LogP) is 3.45. The summed E-state index contributed by atoms with van der Waals surface area (Å²) in [6.45, 7) is 11.2. The van der Waals surface area contributed by atoms with E-state index in [9.17, 15) is 4.39 Å². The molecule has 1 fully saturated rings. The van der Waals surface area contributed by atoms with Crippen LogP contribution in [0, 0.1) is 12.7 Å². The zero-order chi connectivity index (χ0) is 21.0. The van der Waals surface area contributed by atoms with E-state index in [2.05, 4.69) is 39.1 Å². The fourth-order valence-corrected chi connectivity index (χ4v) is 4.03. The van der Waals surface area contributed by atoms with E-state index in [-0.39, 0.29) is 11.2 Å². The van der Waals surface area contributed by atoms with Gasteiger partial charge >= 0.3 is 0 Å². The molecule has 0 unspecified atom stereocenters. The van der Waals surface area contributed by atoms with Gasteiger partial charge in [0.15, 0.2) is 5.96 Å². The molecule has 1 N–H and O–H groups in total. The largest absolute Gasteiger partial charge is 0.361 e. The van der Waals surface area contributed by atoms with Crippen LogP contribution in [0.2, 0.25) is 5.02 Å². The molecule has 3 rings (SSSR count). The van der Waals surface area contributed by atoms with Crippen molar-refractivity contribution in [2.45, 2.75) is 32.7 Å². The van der Waals surface area contributed by atoms with E-state index in [4.69, 9.17) is 16.1 Å². The van der Waals surface area contributed by atoms with E-state index in [0.717, 1.165) is 55.7 Å². The average Bonchev–Trinajstić information content (AvgIpc) is 3.08. The zero-order valence-corrected chi connectivity index (χ0v) is 18.3. The molecule has 158 valence electrons. The Morgan fingerprint density at radius 3 is 2.59 bits per heavy atom. The van der Waals surface area contributed by atoms with Crippen LogP contribution in [-0.4, -0.2) is 60.7 Å². The Morgan fingerprint density at radius 1 is 1.28 bits per heavy atom. The summed E-state index contributed by atoms with van der Waals surface area (Å²) in [7, 11) is 1.80. The number of hydrogen-bond acceptors (Lipinski definition) is 4. The number of aliphatic imine (C=N–C) groups is 1. The minimum atomic E-state index is -0.322. The number of benzene rings is 1. The molecule has 8 heteroatoms. The standard InChI is InChI=1S/C21H29ClFN5O/c1-15-11-17(26-29-15)13-27-7-9-28(10-8-27)20(24-4)25-14-21(2,3)18-6-5-16(23)12-19(18)22/h5-6,11-12H,7-10,13-14H2,1-4H3,(H,24,25). The highest BCUT2D eigenvalue weighted by molar-refractivity contribution is 6.31. The molecule has 29 heavy (non-hydrogen) atoms. The van der Waals surface area contributed by atoms with Crippen LogP contribution in [0.25, 0.3) is 0 Å². The summed E-state index contributed by atoms with van der Waals surface area (Å²) >= 11 is 6.27. The summed E-state index contributed by atoms with van der Waals surface area (Å²) in [6.07, 6.45) is 0. The third kappa shape index (κ3) is 5.48. The zero-order valence-electron chi connectivity index (χ0n) is 17.5. The van der Waals surface area contributed by atoms with Crippen molar-refractivity contribution in [3.05, 3.63) is 52.1 Å². The number of rotatable bonds is 5. The molecular weight excluding hydrogens is 393 g/mol. The Balaban J connectivity index is 1.54. The van der Waals surface area contributed by atoms with Gasteiger partial charge in [0.05, 0.1) is 5.69 Å². The lowest BCUT2D eigenvalue weighted by Crippen LogP contribution is -2.53. The van der Waals surface area contributed by atoms with Gasteiger partial charge in [-0.2, -0.15) is 0 Å². The highest BCUT2D eigenvalue weighted by Gasteiger charge is 2.26. The summed E-state index contributed by atoms with van der Waals surface area (Å²) in [5.74, 6) is 1.39. The van der Waals surface area contributed by atoms with Crippen LogP contribution in [0.5, 0.6) is 0 Å². The highest BCUT2D eigenvalue weighted by atomic mass is 35.5. The fourth-order valence-electron chi connectivity index (χ4n) is 3.61. The van der Waals surface area contributed by atoms with Gasteiger partial charge in [0, 0.05) is 62.8 Å². The third-order valence-corrected chi connectivity index (χ3v) is 5.61. The van der Waals surface area contributed by atoms with Crippen LogP contribution in [-0.2, 0) is 12.0 Å². The summed E-state index contributed by atoms with van der Waals surface area (Å²) in [6, 6.07) is 6.55. The first-order valence-corrected chi connectivity index (χ1v) is 10.2. The summed E-state index contributed by atoms with van der Waals surface area (Å²) in [4.78, 5) is 9.07. The van der Waals surface area contributed by atoms with Crippen molar-refractivity contribution in [3.8, 4) is 0 Å². The number of aromatic nitrogens is 1. The molecule has 1 saturated heterocycles. The first kappa shape index (κ1) is 21.6. The Bertz CT molecular complexity index is 859. The predicted molar refractivity (Wildman–Crippen MR) is 114 cm³/mol. The molecule has 1 aliphatic rings. The molecule has 1 aromatic carbocycles. The van der Waals surface area contributed by atoms with Crippen molar-refractivity contribution in [2.75, 3.05) is 39.8 Å². The monoisotopic (exact) mass is 421 g/mol. The molecule has 1 aromatic heterocycles. The van der Waals surface area contributed by atoms with Crippen molar-refractivity contribution >= 4 is 17.6 Å². The van der Waals surface area contributed by atoms with Gasteiger partial charge in [-0.1, -0.05) is 36.7 Å². The highest BCUT2D eigenvalue weighted by Crippen LogP contribution is 2.30. The molecule has 1 aliphatic heterocycles. The number of aryl methyl sites for hydroxylation is 1. The lowest BCUT2D eigenvalue weighted by atomic mass is 9.84. The number of nitrogens with one attached hydrogen (secondary N) is 1. The SMILES string of the molecule is CN=C(NCC(C)(C)c1ccc(F)cc1Cl)N1CCN(Cc2cc(C)on2)CC1. The minimum absolute atomic E-state index is 0.270. The number of halogens is 2. The quantitative estimate of drug-likeness (QED) is 0.592. The maximum absolute atomic E-state index is 13.4. The van der Waals surface area contributed by atoms with Crippen molar-refractivity contribution in [1.29, 1.82) is 0 Å². The first-order chi connectivity index (χ1) is 13.8. The molecule has 0 atom stereocenters. The second-order valence-electron chi connectivity index (χ2n) is 8.10. The Labute approximate surface area is 176 Å². The van der Waals surface area contributed by atoms with Crippen LogP contribution in [0.4, 0.5) is 4.39 Å². The summed E-state index contributed by atoms with van der Waals surface area (Å²) < 4.78 is 18.5. The van der Waals surface area contributed by atoms with Gasteiger partial charge < -0.3 is 14.7 Å². The van der Waals surface area contributed by atoms with Crippen molar-refractivity contribution in [3.63, 3.8) is 0 Å². The maximum Gasteiger partial charge on any atom is 0.193 e. The molecule has 2 heterocycles. The van der Waals surface area contributed by atoms with Crippen molar-refractivity contribution in [1.82, 2.24) is 20.3 Å². The normalized spacial score (nSPS) is 16.3. The minimum Gasteiger partial charge on any atom is -0.361 e.